The number of rotatable bonds is 5. The van der Waals surface area contributed by atoms with Crippen LogP contribution in [-0.2, 0) is 20.1 Å². The Morgan fingerprint density at radius 2 is 1.93 bits per heavy atom. The number of halogens is 3. The lowest BCUT2D eigenvalue weighted by molar-refractivity contribution is -0.256. The van der Waals surface area contributed by atoms with Gasteiger partial charge in [0.05, 0.1) is 30.5 Å². The third-order valence-electron chi connectivity index (χ3n) is 4.71. The number of nitrogens with zero attached hydrogens (tertiary/aromatic N) is 1. The minimum absolute atomic E-state index is 0.190. The Morgan fingerprint density at radius 1 is 1.14 bits per heavy atom. The highest BCUT2D eigenvalue weighted by Crippen LogP contribution is 2.46. The molecule has 4 rings (SSSR count). The second-order valence-corrected chi connectivity index (χ2v) is 8.32. The van der Waals surface area contributed by atoms with E-state index in [1.165, 1.54) is 0 Å². The van der Waals surface area contributed by atoms with Gasteiger partial charge in [0.25, 0.3) is 11.7 Å². The van der Waals surface area contributed by atoms with Gasteiger partial charge in [-0.05, 0) is 49.2 Å². The van der Waals surface area contributed by atoms with E-state index in [4.69, 9.17) is 37.4 Å². The molecule has 2 aliphatic rings. The molecule has 28 heavy (non-hydrogen) atoms. The average Bonchev–Trinajstić information content (AvgIpc) is 2.89. The van der Waals surface area contributed by atoms with Gasteiger partial charge in [-0.25, -0.2) is 0 Å². The van der Waals surface area contributed by atoms with E-state index in [9.17, 15) is 4.79 Å². The number of amides is 1. The van der Waals surface area contributed by atoms with E-state index in [1.807, 2.05) is 18.2 Å². The van der Waals surface area contributed by atoms with Crippen molar-refractivity contribution in [1.82, 2.24) is 0 Å². The van der Waals surface area contributed by atoms with Crippen LogP contribution in [0.15, 0.2) is 40.9 Å². The quantitative estimate of drug-likeness (QED) is 0.547. The van der Waals surface area contributed by atoms with E-state index in [0.717, 1.165) is 22.1 Å². The highest BCUT2D eigenvalue weighted by molar-refractivity contribution is 9.10. The van der Waals surface area contributed by atoms with Gasteiger partial charge in [-0.1, -0.05) is 39.1 Å². The number of hydrogen-bond acceptors (Lipinski definition) is 4. The minimum Gasteiger partial charge on any atom is -0.492 e. The number of benzene rings is 2. The van der Waals surface area contributed by atoms with Gasteiger partial charge in [0, 0.05) is 21.6 Å². The largest absolute Gasteiger partial charge is 0.492 e. The zero-order valence-corrected chi connectivity index (χ0v) is 18.0. The fourth-order valence-corrected chi connectivity index (χ4v) is 4.26. The van der Waals surface area contributed by atoms with Crippen LogP contribution in [0.3, 0.4) is 0 Å². The maximum Gasteiger partial charge on any atom is 0.292 e. The van der Waals surface area contributed by atoms with Crippen LogP contribution in [0, 0.1) is 0 Å². The van der Waals surface area contributed by atoms with Crippen LogP contribution in [0.25, 0.3) is 0 Å². The van der Waals surface area contributed by atoms with Crippen molar-refractivity contribution >= 4 is 50.7 Å². The Bertz CT molecular complexity index is 902. The normalized spacial score (nSPS) is 17.8. The Hall–Kier alpha value is -1.31. The maximum absolute atomic E-state index is 13.2. The fraction of sp³-hybridized carbons (Fsp3) is 0.350. The molecule has 2 aromatic carbocycles. The molecule has 1 spiro atoms. The van der Waals surface area contributed by atoms with Gasteiger partial charge in [0.1, 0.15) is 5.75 Å². The summed E-state index contributed by atoms with van der Waals surface area (Å²) in [5, 5.41) is 1.02. The molecule has 2 aliphatic heterocycles. The van der Waals surface area contributed by atoms with Gasteiger partial charge in [-0.2, -0.15) is 0 Å². The first-order valence-corrected chi connectivity index (χ1v) is 10.5. The lowest BCUT2D eigenvalue weighted by Crippen LogP contribution is -2.47. The highest BCUT2D eigenvalue weighted by atomic mass is 79.9. The molecule has 2 heterocycles. The molecule has 1 fully saturated rings. The number of ether oxygens (including phenoxy) is 3. The molecule has 0 aromatic heterocycles. The Balaban J connectivity index is 1.47. The molecular weight excluding hydrogens is 469 g/mol. The van der Waals surface area contributed by atoms with Crippen molar-refractivity contribution in [2.45, 2.75) is 18.6 Å². The summed E-state index contributed by atoms with van der Waals surface area (Å²) in [6.07, 6.45) is 1.39. The molecule has 1 saturated heterocycles. The van der Waals surface area contributed by atoms with Gasteiger partial charge in [-0.3, -0.25) is 4.79 Å². The van der Waals surface area contributed by atoms with Crippen LogP contribution in [0.2, 0.25) is 10.0 Å². The third kappa shape index (κ3) is 3.64. The molecule has 8 heteroatoms. The van der Waals surface area contributed by atoms with Crippen LogP contribution >= 0.6 is 39.1 Å². The van der Waals surface area contributed by atoms with Crippen LogP contribution in [0.5, 0.6) is 5.75 Å². The predicted octanol–water partition coefficient (Wildman–Crippen LogP) is 5.16. The van der Waals surface area contributed by atoms with Crippen molar-refractivity contribution in [2.75, 3.05) is 31.3 Å². The number of hydrogen-bond donors (Lipinski definition) is 0. The Morgan fingerprint density at radius 3 is 2.68 bits per heavy atom. The monoisotopic (exact) mass is 485 g/mol. The van der Waals surface area contributed by atoms with E-state index >= 15 is 0 Å². The lowest BCUT2D eigenvalue weighted by Gasteiger charge is -2.32. The smallest absolute Gasteiger partial charge is 0.292 e. The summed E-state index contributed by atoms with van der Waals surface area (Å²) < 4.78 is 18.3. The second kappa shape index (κ2) is 8.20. The Labute approximate surface area is 181 Å². The van der Waals surface area contributed by atoms with Crippen molar-refractivity contribution < 1.29 is 19.0 Å². The van der Waals surface area contributed by atoms with E-state index in [0.29, 0.717) is 48.6 Å². The van der Waals surface area contributed by atoms with E-state index in [-0.39, 0.29) is 5.91 Å². The van der Waals surface area contributed by atoms with Crippen molar-refractivity contribution in [3.63, 3.8) is 0 Å². The number of anilines is 1. The summed E-state index contributed by atoms with van der Waals surface area (Å²) in [5.74, 6) is -0.957. The zero-order valence-electron chi connectivity index (χ0n) is 14.9. The highest BCUT2D eigenvalue weighted by Gasteiger charge is 2.54. The minimum atomic E-state index is -1.34. The first kappa shape index (κ1) is 20.0. The molecule has 0 N–H and O–H groups in total. The maximum atomic E-state index is 13.2. The van der Waals surface area contributed by atoms with Gasteiger partial charge < -0.3 is 19.1 Å². The summed E-state index contributed by atoms with van der Waals surface area (Å²) in [5.41, 5.74) is 1.55. The van der Waals surface area contributed by atoms with Crippen LogP contribution in [-0.4, -0.2) is 32.3 Å². The summed E-state index contributed by atoms with van der Waals surface area (Å²) in [4.78, 5) is 14.9. The van der Waals surface area contributed by atoms with E-state index < -0.39 is 5.79 Å². The third-order valence-corrected chi connectivity index (χ3v) is 5.73. The first-order valence-electron chi connectivity index (χ1n) is 8.99. The van der Waals surface area contributed by atoms with Gasteiger partial charge in [-0.15, -0.1) is 0 Å². The van der Waals surface area contributed by atoms with Crippen LogP contribution in [0.4, 0.5) is 5.69 Å². The average molecular weight is 487 g/mol. The van der Waals surface area contributed by atoms with Crippen LogP contribution < -0.4 is 9.64 Å². The number of carbonyl (C=O) groups is 1. The Kier molecular flexibility index (Phi) is 5.86. The lowest BCUT2D eigenvalue weighted by atomic mass is 10.1. The molecule has 1 amide bonds. The standard InChI is InChI=1S/C20H18BrCl2NO4/c21-13-3-5-17-15(11-13)20(27-9-2-10-28-20)19(25)24(17)7-1-8-26-18-6-4-14(22)12-16(18)23/h3-6,11-12H,1-2,7-10H2. The van der Waals surface area contributed by atoms with Crippen molar-refractivity contribution in [3.05, 3.63) is 56.5 Å². The van der Waals surface area contributed by atoms with Gasteiger partial charge >= 0.3 is 0 Å². The molecule has 2 aromatic rings. The molecule has 5 nitrogen and oxygen atoms in total. The van der Waals surface area contributed by atoms with Crippen LogP contribution in [0.1, 0.15) is 18.4 Å². The molecule has 0 bridgehead atoms. The second-order valence-electron chi connectivity index (χ2n) is 6.56. The molecule has 0 atom stereocenters. The molecule has 0 unspecified atom stereocenters. The fourth-order valence-electron chi connectivity index (χ4n) is 3.44. The molecule has 148 valence electrons. The summed E-state index contributed by atoms with van der Waals surface area (Å²) in [6.45, 7) is 1.87. The van der Waals surface area contributed by atoms with E-state index in [1.54, 1.807) is 23.1 Å². The summed E-state index contributed by atoms with van der Waals surface area (Å²) in [6, 6.07) is 10.8. The SMILES string of the molecule is O=C1N(CCCOc2ccc(Cl)cc2Cl)c2ccc(Br)cc2C12OCCCO2. The number of carbonyl (C=O) groups excluding carboxylic acids is 1. The van der Waals surface area contributed by atoms with Crippen molar-refractivity contribution in [3.8, 4) is 5.75 Å². The zero-order chi connectivity index (χ0) is 19.7. The molecule has 0 aliphatic carbocycles. The molecular formula is C20H18BrCl2NO4. The summed E-state index contributed by atoms with van der Waals surface area (Å²) >= 11 is 15.5. The molecule has 0 saturated carbocycles. The van der Waals surface area contributed by atoms with E-state index in [2.05, 4.69) is 15.9 Å². The molecule has 0 radical (unpaired) electrons. The first-order chi connectivity index (χ1) is 13.5. The van der Waals surface area contributed by atoms with Crippen molar-refractivity contribution in [2.24, 2.45) is 0 Å². The topological polar surface area (TPSA) is 48.0 Å². The number of fused-ring (bicyclic) bond motifs is 2. The van der Waals surface area contributed by atoms with Gasteiger partial charge in [0.2, 0.25) is 0 Å². The van der Waals surface area contributed by atoms with Crippen molar-refractivity contribution in [1.29, 1.82) is 0 Å². The van der Waals surface area contributed by atoms with Gasteiger partial charge in [0.15, 0.2) is 0 Å². The predicted molar refractivity (Wildman–Crippen MR) is 111 cm³/mol. The summed E-state index contributed by atoms with van der Waals surface area (Å²) in [7, 11) is 0.